The van der Waals surface area contributed by atoms with Gasteiger partial charge in [-0.25, -0.2) is 9.97 Å². The maximum absolute atomic E-state index is 12.4. The summed E-state index contributed by atoms with van der Waals surface area (Å²) in [6, 6.07) is 1.82. The van der Waals surface area contributed by atoms with Gasteiger partial charge in [-0.2, -0.15) is 5.10 Å². The number of rotatable bonds is 6. The highest BCUT2D eigenvalue weighted by Crippen LogP contribution is 2.14. The SMILES string of the molecule is Cc1c(CCC(=O)N[C@H]2CCOC[C@H]2Nc2ccncn2)cnn1C. The van der Waals surface area contributed by atoms with Gasteiger partial charge in [-0.15, -0.1) is 0 Å². The average Bonchev–Trinajstić information content (AvgIpc) is 2.94. The highest BCUT2D eigenvalue weighted by Gasteiger charge is 2.27. The van der Waals surface area contributed by atoms with Gasteiger partial charge in [0.1, 0.15) is 12.1 Å². The predicted octanol–water partition coefficient (Wildman–Crippen LogP) is 0.837. The van der Waals surface area contributed by atoms with E-state index in [-0.39, 0.29) is 18.0 Å². The molecule has 1 fully saturated rings. The van der Waals surface area contributed by atoms with E-state index in [4.69, 9.17) is 4.74 Å². The third-order valence-corrected chi connectivity index (χ3v) is 4.58. The molecule has 3 heterocycles. The molecule has 134 valence electrons. The first-order valence-corrected chi connectivity index (χ1v) is 8.50. The maximum atomic E-state index is 12.4. The number of anilines is 1. The van der Waals surface area contributed by atoms with Crippen molar-refractivity contribution in [3.63, 3.8) is 0 Å². The molecule has 1 aliphatic rings. The van der Waals surface area contributed by atoms with E-state index in [2.05, 4.69) is 25.7 Å². The summed E-state index contributed by atoms with van der Waals surface area (Å²) in [5.41, 5.74) is 2.21. The molecule has 0 bridgehead atoms. The molecule has 8 heteroatoms. The number of carbonyl (C=O) groups excluding carboxylic acids is 1. The molecule has 0 unspecified atom stereocenters. The zero-order valence-electron chi connectivity index (χ0n) is 14.6. The largest absolute Gasteiger partial charge is 0.379 e. The summed E-state index contributed by atoms with van der Waals surface area (Å²) in [6.07, 6.45) is 6.93. The average molecular weight is 344 g/mol. The van der Waals surface area contributed by atoms with E-state index < -0.39 is 0 Å². The molecule has 0 aromatic carbocycles. The molecular formula is C17H24N6O2. The third-order valence-electron chi connectivity index (χ3n) is 4.58. The smallest absolute Gasteiger partial charge is 0.220 e. The number of aromatic nitrogens is 4. The summed E-state index contributed by atoms with van der Waals surface area (Å²) in [4.78, 5) is 20.5. The fourth-order valence-corrected chi connectivity index (χ4v) is 2.94. The molecule has 0 saturated carbocycles. The van der Waals surface area contributed by atoms with Crippen molar-refractivity contribution < 1.29 is 9.53 Å². The molecule has 0 aliphatic carbocycles. The van der Waals surface area contributed by atoms with Crippen molar-refractivity contribution in [2.75, 3.05) is 18.5 Å². The van der Waals surface area contributed by atoms with Crippen molar-refractivity contribution in [3.8, 4) is 0 Å². The van der Waals surface area contributed by atoms with Crippen LogP contribution in [0.4, 0.5) is 5.82 Å². The van der Waals surface area contributed by atoms with Crippen LogP contribution < -0.4 is 10.6 Å². The Morgan fingerprint density at radius 2 is 2.32 bits per heavy atom. The zero-order chi connectivity index (χ0) is 17.6. The minimum Gasteiger partial charge on any atom is -0.379 e. The van der Waals surface area contributed by atoms with E-state index in [1.807, 2.05) is 24.9 Å². The van der Waals surface area contributed by atoms with Gasteiger partial charge < -0.3 is 15.4 Å². The zero-order valence-corrected chi connectivity index (χ0v) is 14.6. The summed E-state index contributed by atoms with van der Waals surface area (Å²) < 4.78 is 7.37. The molecule has 8 nitrogen and oxygen atoms in total. The highest BCUT2D eigenvalue weighted by molar-refractivity contribution is 5.76. The number of nitrogens with zero attached hydrogens (tertiary/aromatic N) is 4. The Balaban J connectivity index is 1.53. The number of ether oxygens (including phenoxy) is 1. The monoisotopic (exact) mass is 344 g/mol. The molecule has 25 heavy (non-hydrogen) atoms. The molecule has 1 saturated heterocycles. The summed E-state index contributed by atoms with van der Waals surface area (Å²) in [5, 5.41) is 10.7. The van der Waals surface area contributed by atoms with E-state index in [1.54, 1.807) is 12.3 Å². The van der Waals surface area contributed by atoms with Crippen molar-refractivity contribution in [2.45, 2.75) is 38.3 Å². The van der Waals surface area contributed by atoms with Crippen LogP contribution in [0.25, 0.3) is 0 Å². The van der Waals surface area contributed by atoms with E-state index in [0.29, 0.717) is 26.1 Å². The lowest BCUT2D eigenvalue weighted by Crippen LogP contribution is -2.52. The second-order valence-electron chi connectivity index (χ2n) is 6.26. The maximum Gasteiger partial charge on any atom is 0.220 e. The molecule has 2 aromatic rings. The van der Waals surface area contributed by atoms with Gasteiger partial charge in [0, 0.05) is 32.0 Å². The van der Waals surface area contributed by atoms with Gasteiger partial charge >= 0.3 is 0 Å². The molecule has 3 rings (SSSR count). The Labute approximate surface area is 147 Å². The molecule has 2 aromatic heterocycles. The van der Waals surface area contributed by atoms with Crippen LogP contribution in [0.5, 0.6) is 0 Å². The van der Waals surface area contributed by atoms with E-state index in [9.17, 15) is 4.79 Å². The Morgan fingerprint density at radius 1 is 1.44 bits per heavy atom. The molecule has 2 atom stereocenters. The Kier molecular flexibility index (Phi) is 5.60. The Morgan fingerprint density at radius 3 is 3.04 bits per heavy atom. The summed E-state index contributed by atoms with van der Waals surface area (Å²) >= 11 is 0. The second kappa shape index (κ2) is 8.06. The summed E-state index contributed by atoms with van der Waals surface area (Å²) in [5.74, 6) is 0.778. The van der Waals surface area contributed by atoms with Gasteiger partial charge in [-0.1, -0.05) is 0 Å². The molecule has 0 spiro atoms. The van der Waals surface area contributed by atoms with Gasteiger partial charge in [-0.05, 0) is 31.4 Å². The van der Waals surface area contributed by atoms with E-state index in [1.165, 1.54) is 6.33 Å². The van der Waals surface area contributed by atoms with Crippen LogP contribution in [-0.4, -0.2) is 51.0 Å². The van der Waals surface area contributed by atoms with Crippen LogP contribution in [-0.2, 0) is 23.0 Å². The Bertz CT molecular complexity index is 702. The van der Waals surface area contributed by atoms with Gasteiger partial charge in [0.15, 0.2) is 0 Å². The normalized spacial score (nSPS) is 20.2. The standard InChI is InChI=1S/C17H24N6O2/c1-12-13(9-20-23(12)2)3-4-17(24)22-14-6-8-25-10-15(14)21-16-5-7-18-11-19-16/h5,7,9,11,14-15H,3-4,6,8,10H2,1-2H3,(H,22,24)(H,18,19,21)/t14-,15+/m0/s1. The van der Waals surface area contributed by atoms with Gasteiger partial charge in [-0.3, -0.25) is 9.48 Å². The molecule has 1 aliphatic heterocycles. The van der Waals surface area contributed by atoms with Crippen LogP contribution in [0.15, 0.2) is 24.8 Å². The third kappa shape index (κ3) is 4.54. The fraction of sp³-hybridized carbons (Fsp3) is 0.529. The van der Waals surface area contributed by atoms with E-state index in [0.717, 1.165) is 23.5 Å². The quantitative estimate of drug-likeness (QED) is 0.806. The molecular weight excluding hydrogens is 320 g/mol. The number of carbonyl (C=O) groups is 1. The highest BCUT2D eigenvalue weighted by atomic mass is 16.5. The first-order chi connectivity index (χ1) is 12.1. The number of aryl methyl sites for hydroxylation is 2. The van der Waals surface area contributed by atoms with Crippen molar-refractivity contribution in [2.24, 2.45) is 7.05 Å². The Hall–Kier alpha value is -2.48. The summed E-state index contributed by atoms with van der Waals surface area (Å²) in [6.45, 7) is 3.20. The van der Waals surface area contributed by atoms with Crippen LogP contribution in [0.2, 0.25) is 0 Å². The minimum absolute atomic E-state index is 0.00673. The van der Waals surface area contributed by atoms with Crippen molar-refractivity contribution in [1.29, 1.82) is 0 Å². The summed E-state index contributed by atoms with van der Waals surface area (Å²) in [7, 11) is 1.91. The van der Waals surface area contributed by atoms with Crippen molar-refractivity contribution in [3.05, 3.63) is 36.0 Å². The number of nitrogens with one attached hydrogen (secondary N) is 2. The van der Waals surface area contributed by atoms with Crippen molar-refractivity contribution in [1.82, 2.24) is 25.1 Å². The fourth-order valence-electron chi connectivity index (χ4n) is 2.94. The second-order valence-corrected chi connectivity index (χ2v) is 6.26. The lowest BCUT2D eigenvalue weighted by atomic mass is 10.0. The lowest BCUT2D eigenvalue weighted by molar-refractivity contribution is -0.122. The topological polar surface area (TPSA) is 94.0 Å². The van der Waals surface area contributed by atoms with Crippen LogP contribution in [0.1, 0.15) is 24.1 Å². The molecule has 0 radical (unpaired) electrons. The number of amides is 1. The number of hydrogen-bond acceptors (Lipinski definition) is 6. The van der Waals surface area contributed by atoms with Crippen LogP contribution in [0.3, 0.4) is 0 Å². The minimum atomic E-state index is -0.00673. The van der Waals surface area contributed by atoms with Crippen LogP contribution in [0, 0.1) is 6.92 Å². The van der Waals surface area contributed by atoms with E-state index >= 15 is 0 Å². The predicted molar refractivity (Wildman–Crippen MR) is 93.1 cm³/mol. The van der Waals surface area contributed by atoms with Gasteiger partial charge in [0.25, 0.3) is 0 Å². The lowest BCUT2D eigenvalue weighted by Gasteiger charge is -2.33. The molecule has 2 N–H and O–H groups in total. The first kappa shape index (κ1) is 17.3. The van der Waals surface area contributed by atoms with Gasteiger partial charge in [0.2, 0.25) is 5.91 Å². The number of hydrogen-bond donors (Lipinski definition) is 2. The molecule has 1 amide bonds. The van der Waals surface area contributed by atoms with Crippen molar-refractivity contribution >= 4 is 11.7 Å². The first-order valence-electron chi connectivity index (χ1n) is 8.50. The van der Waals surface area contributed by atoms with Crippen LogP contribution >= 0.6 is 0 Å². The van der Waals surface area contributed by atoms with Gasteiger partial charge in [0.05, 0.1) is 24.9 Å².